The van der Waals surface area contributed by atoms with E-state index in [0.29, 0.717) is 47.3 Å². The fourth-order valence-electron chi connectivity index (χ4n) is 7.68. The monoisotopic (exact) mass is 816 g/mol. The molecule has 288 valence electrons. The summed E-state index contributed by atoms with van der Waals surface area (Å²) in [5.41, 5.74) is 0. The van der Waals surface area contributed by atoms with Crippen LogP contribution in [0.15, 0.2) is 0 Å². The number of rotatable bonds is 16. The fraction of sp³-hybridized carbons (Fsp3) is 1.00. The Bertz CT molecular complexity index is 758. The van der Waals surface area contributed by atoms with Crippen LogP contribution in [0.25, 0.3) is 0 Å². The molecule has 0 N–H and O–H groups in total. The zero-order valence-electron chi connectivity index (χ0n) is 34.4. The number of hydrogen-bond acceptors (Lipinski definition) is 8. The lowest BCUT2D eigenvalue weighted by Gasteiger charge is -2.51. The van der Waals surface area contributed by atoms with E-state index in [2.05, 4.69) is 111 Å². The van der Waals surface area contributed by atoms with Gasteiger partial charge in [0, 0.05) is 0 Å². The molecule has 16 heteroatoms. The largest absolute Gasteiger partial charge is 0.425 e. The van der Waals surface area contributed by atoms with E-state index < -0.39 is 74.3 Å². The summed E-state index contributed by atoms with van der Waals surface area (Å²) in [5, 5.41) is 0. The number of hydrogen-bond donors (Lipinski definition) is 0. The summed E-state index contributed by atoms with van der Waals surface area (Å²) in [4.78, 5) is 0. The SMILES string of the molecule is CC(C)C[Si]1(CC(C)C)O[SiH2]O[SiH2]O[SiH2]O[SiH2]O[Si](CC(C)C)(CC(C)C)O[Si](CC(C)C)(CC(C)C)O[Si](CC(C)C)(CC(C)C)O1. The predicted molar refractivity (Wildman–Crippen MR) is 223 cm³/mol. The summed E-state index contributed by atoms with van der Waals surface area (Å²) >= 11 is 0. The van der Waals surface area contributed by atoms with Crippen LogP contribution in [-0.4, -0.2) is 74.3 Å². The van der Waals surface area contributed by atoms with E-state index in [1.54, 1.807) is 0 Å². The minimum absolute atomic E-state index is 0.431. The van der Waals surface area contributed by atoms with E-state index >= 15 is 0 Å². The van der Waals surface area contributed by atoms with Gasteiger partial charge in [0.1, 0.15) is 0 Å². The molecule has 1 aliphatic heterocycles. The molecule has 0 bridgehead atoms. The average Bonchev–Trinajstić information content (AvgIpc) is 2.83. The van der Waals surface area contributed by atoms with Gasteiger partial charge in [-0.2, -0.15) is 0 Å². The molecule has 0 saturated carbocycles. The molecule has 0 aromatic carbocycles. The Morgan fingerprint density at radius 1 is 0.292 bits per heavy atom. The molecule has 0 aromatic heterocycles. The Morgan fingerprint density at radius 2 is 0.479 bits per heavy atom. The Hall–Kier alpha value is 1.42. The zero-order chi connectivity index (χ0) is 36.8. The summed E-state index contributed by atoms with van der Waals surface area (Å²) in [6, 6.07) is 7.59. The molecule has 1 aliphatic rings. The van der Waals surface area contributed by atoms with Gasteiger partial charge >= 0.3 is 34.2 Å². The van der Waals surface area contributed by atoms with Crippen LogP contribution in [0, 0.1) is 47.3 Å². The van der Waals surface area contributed by atoms with Gasteiger partial charge in [0.15, 0.2) is 0 Å². The molecule has 0 radical (unpaired) electrons. The molecule has 8 nitrogen and oxygen atoms in total. The molecule has 0 spiro atoms. The zero-order valence-corrected chi connectivity index (χ0v) is 44.0. The van der Waals surface area contributed by atoms with Crippen molar-refractivity contribution in [1.82, 2.24) is 0 Å². The van der Waals surface area contributed by atoms with Crippen molar-refractivity contribution in [3.05, 3.63) is 0 Å². The van der Waals surface area contributed by atoms with Crippen LogP contribution < -0.4 is 0 Å². The van der Waals surface area contributed by atoms with Crippen LogP contribution in [0.4, 0.5) is 0 Å². The molecular weight excluding hydrogens is 737 g/mol. The third kappa shape index (κ3) is 19.0. The molecule has 0 aliphatic carbocycles. The van der Waals surface area contributed by atoms with Crippen molar-refractivity contribution >= 4 is 74.3 Å². The molecule has 0 amide bonds. The second kappa shape index (κ2) is 22.6. The highest BCUT2D eigenvalue weighted by atomic mass is 28.5. The third-order valence-electron chi connectivity index (χ3n) is 8.01. The molecule has 1 fully saturated rings. The minimum atomic E-state index is -2.94. The first-order chi connectivity index (χ1) is 22.2. The Labute approximate surface area is 312 Å². The lowest BCUT2D eigenvalue weighted by molar-refractivity contribution is 0.228. The molecule has 0 atom stereocenters. The smallest absolute Gasteiger partial charge is 0.321 e. The van der Waals surface area contributed by atoms with Gasteiger partial charge in [0.05, 0.1) is 0 Å². The summed E-state index contributed by atoms with van der Waals surface area (Å²) < 4.78 is 57.1. The standard InChI is InChI=1S/C32H80O8Si8/c1-25(2)17-45(18-26(3)4)36-43-34-41-33-42-35-44-37-46(19-27(5)6,20-28(7)8)39-48(23-31(13)14,24-32(15)16)40-47(38-45,21-29(9)10)22-30(11)12/h25-32H,17-24,41-44H2,1-16H3. The maximum absolute atomic E-state index is 8.19. The maximum atomic E-state index is 8.19. The second-order valence-corrected chi connectivity index (χ2v) is 39.3. The van der Waals surface area contributed by atoms with Crippen LogP contribution in [-0.2, 0) is 32.9 Å². The molecule has 0 unspecified atom stereocenters. The first-order valence-corrected chi connectivity index (χ1v) is 32.8. The maximum Gasteiger partial charge on any atom is 0.321 e. The average molecular weight is 818 g/mol. The van der Waals surface area contributed by atoms with Crippen molar-refractivity contribution in [3.8, 4) is 0 Å². The van der Waals surface area contributed by atoms with Crippen molar-refractivity contribution in [3.63, 3.8) is 0 Å². The first kappa shape index (κ1) is 47.4. The summed E-state index contributed by atoms with van der Waals surface area (Å²) in [5.74, 6) is 3.54. The summed E-state index contributed by atoms with van der Waals surface area (Å²) in [6.07, 6.45) is 0. The minimum Gasteiger partial charge on any atom is -0.425 e. The summed E-state index contributed by atoms with van der Waals surface area (Å²) in [7, 11) is -16.3. The van der Waals surface area contributed by atoms with Crippen LogP contribution in [0.1, 0.15) is 111 Å². The second-order valence-electron chi connectivity index (χ2n) is 18.1. The van der Waals surface area contributed by atoms with Gasteiger partial charge in [-0.3, -0.25) is 0 Å². The topological polar surface area (TPSA) is 73.8 Å². The van der Waals surface area contributed by atoms with E-state index in [1.807, 2.05) is 0 Å². The van der Waals surface area contributed by atoms with Gasteiger partial charge in [-0.15, -0.1) is 0 Å². The Kier molecular flexibility index (Phi) is 22.3. The van der Waals surface area contributed by atoms with E-state index in [-0.39, 0.29) is 0 Å². The van der Waals surface area contributed by atoms with E-state index in [0.717, 1.165) is 48.4 Å². The first-order valence-electron chi connectivity index (χ1n) is 19.3. The Balaban J connectivity index is 4.23. The van der Waals surface area contributed by atoms with E-state index in [1.165, 1.54) is 0 Å². The molecule has 1 saturated heterocycles. The van der Waals surface area contributed by atoms with Gasteiger partial charge < -0.3 is 32.9 Å². The van der Waals surface area contributed by atoms with E-state index in [9.17, 15) is 0 Å². The third-order valence-corrected chi connectivity index (χ3v) is 37.6. The van der Waals surface area contributed by atoms with Crippen LogP contribution >= 0.6 is 0 Å². The highest BCUT2D eigenvalue weighted by Gasteiger charge is 2.58. The van der Waals surface area contributed by atoms with Crippen molar-refractivity contribution in [2.75, 3.05) is 0 Å². The fourth-order valence-corrected chi connectivity index (χ4v) is 42.7. The van der Waals surface area contributed by atoms with Crippen molar-refractivity contribution in [2.24, 2.45) is 47.3 Å². The molecule has 0 aromatic rings. The molecule has 1 rings (SSSR count). The van der Waals surface area contributed by atoms with Crippen molar-refractivity contribution in [1.29, 1.82) is 0 Å². The molecule has 48 heavy (non-hydrogen) atoms. The van der Waals surface area contributed by atoms with Crippen molar-refractivity contribution < 1.29 is 32.9 Å². The quantitative estimate of drug-likeness (QED) is 0.152. The molecule has 1 heterocycles. The summed E-state index contributed by atoms with van der Waals surface area (Å²) in [6.45, 7) is 37.3. The van der Waals surface area contributed by atoms with Gasteiger partial charge in [-0.25, -0.2) is 0 Å². The van der Waals surface area contributed by atoms with Crippen LogP contribution in [0.5, 0.6) is 0 Å². The lowest BCUT2D eigenvalue weighted by atomic mass is 10.3. The predicted octanol–water partition coefficient (Wildman–Crippen LogP) is 7.14. The van der Waals surface area contributed by atoms with Gasteiger partial charge in [0.2, 0.25) is 0 Å². The van der Waals surface area contributed by atoms with Crippen LogP contribution in [0.2, 0.25) is 48.4 Å². The van der Waals surface area contributed by atoms with E-state index in [4.69, 9.17) is 32.9 Å². The van der Waals surface area contributed by atoms with Gasteiger partial charge in [0.25, 0.3) is 40.0 Å². The normalized spacial score (nSPS) is 23.5. The molecular formula is C32H80O8Si8. The lowest BCUT2D eigenvalue weighted by Crippen LogP contribution is -2.66. The highest BCUT2D eigenvalue weighted by molar-refractivity contribution is 6.91. The van der Waals surface area contributed by atoms with Crippen LogP contribution in [0.3, 0.4) is 0 Å². The van der Waals surface area contributed by atoms with Crippen molar-refractivity contribution in [2.45, 2.75) is 159 Å². The van der Waals surface area contributed by atoms with Gasteiger partial charge in [-0.05, 0) is 95.7 Å². The Morgan fingerprint density at radius 3 is 0.708 bits per heavy atom. The highest BCUT2D eigenvalue weighted by Crippen LogP contribution is 2.44. The van der Waals surface area contributed by atoms with Gasteiger partial charge in [-0.1, -0.05) is 111 Å².